The Labute approximate surface area is 92.2 Å². The fourth-order valence-corrected chi connectivity index (χ4v) is 2.07. The summed E-state index contributed by atoms with van der Waals surface area (Å²) in [6, 6.07) is 0. The van der Waals surface area contributed by atoms with Crippen molar-refractivity contribution in [2.75, 3.05) is 6.54 Å². The topological polar surface area (TPSA) is 64.9 Å². The van der Waals surface area contributed by atoms with Crippen molar-refractivity contribution in [3.63, 3.8) is 0 Å². The van der Waals surface area contributed by atoms with Crippen molar-refractivity contribution in [3.05, 3.63) is 23.3 Å². The van der Waals surface area contributed by atoms with Crippen LogP contribution in [0.15, 0.2) is 16.1 Å². The summed E-state index contributed by atoms with van der Waals surface area (Å²) >= 11 is 1.57. The van der Waals surface area contributed by atoms with Crippen LogP contribution in [0.2, 0.25) is 0 Å². The van der Waals surface area contributed by atoms with E-state index in [1.807, 2.05) is 12.4 Å². The van der Waals surface area contributed by atoms with E-state index in [-0.39, 0.29) is 0 Å². The SMILES string of the molecule is Cc1ncsc1-c1cnc(CCCN)o1. The van der Waals surface area contributed by atoms with Gasteiger partial charge in [0, 0.05) is 6.42 Å². The summed E-state index contributed by atoms with van der Waals surface area (Å²) < 4.78 is 5.61. The smallest absolute Gasteiger partial charge is 0.194 e. The fourth-order valence-electron chi connectivity index (χ4n) is 1.32. The molecule has 0 fully saturated rings. The van der Waals surface area contributed by atoms with Crippen molar-refractivity contribution in [1.82, 2.24) is 9.97 Å². The van der Waals surface area contributed by atoms with E-state index >= 15 is 0 Å². The Hall–Kier alpha value is -1.20. The molecule has 0 atom stereocenters. The molecule has 15 heavy (non-hydrogen) atoms. The largest absolute Gasteiger partial charge is 0.440 e. The maximum absolute atomic E-state index is 5.61. The summed E-state index contributed by atoms with van der Waals surface area (Å²) in [5, 5.41) is 0. The second kappa shape index (κ2) is 4.55. The van der Waals surface area contributed by atoms with Crippen LogP contribution in [0.3, 0.4) is 0 Å². The molecule has 0 aromatic carbocycles. The number of oxazole rings is 1. The van der Waals surface area contributed by atoms with Crippen LogP contribution in [0.5, 0.6) is 0 Å². The average molecular weight is 223 g/mol. The first-order valence-electron chi connectivity index (χ1n) is 4.86. The van der Waals surface area contributed by atoms with Crippen molar-refractivity contribution < 1.29 is 4.42 Å². The zero-order valence-electron chi connectivity index (χ0n) is 8.56. The number of aromatic nitrogens is 2. The molecule has 0 spiro atoms. The molecule has 2 aromatic rings. The zero-order chi connectivity index (χ0) is 10.7. The van der Waals surface area contributed by atoms with E-state index in [1.165, 1.54) is 0 Å². The van der Waals surface area contributed by atoms with Gasteiger partial charge in [-0.25, -0.2) is 9.97 Å². The van der Waals surface area contributed by atoms with E-state index in [0.29, 0.717) is 6.54 Å². The summed E-state index contributed by atoms with van der Waals surface area (Å²) in [6.45, 7) is 2.63. The summed E-state index contributed by atoms with van der Waals surface area (Å²) in [6.07, 6.45) is 3.46. The molecular weight excluding hydrogens is 210 g/mol. The Morgan fingerprint density at radius 2 is 2.33 bits per heavy atom. The highest BCUT2D eigenvalue weighted by Crippen LogP contribution is 2.27. The molecule has 2 aromatic heterocycles. The lowest BCUT2D eigenvalue weighted by molar-refractivity contribution is 0.500. The molecule has 0 saturated carbocycles. The summed E-state index contributed by atoms with van der Waals surface area (Å²) in [4.78, 5) is 9.44. The van der Waals surface area contributed by atoms with E-state index in [0.717, 1.165) is 35.1 Å². The summed E-state index contributed by atoms with van der Waals surface area (Å²) in [5.74, 6) is 1.56. The van der Waals surface area contributed by atoms with Gasteiger partial charge in [0.15, 0.2) is 11.7 Å². The van der Waals surface area contributed by atoms with Crippen LogP contribution >= 0.6 is 11.3 Å². The van der Waals surface area contributed by atoms with E-state index < -0.39 is 0 Å². The normalized spacial score (nSPS) is 10.8. The number of aryl methyl sites for hydroxylation is 2. The van der Waals surface area contributed by atoms with Gasteiger partial charge < -0.3 is 10.2 Å². The predicted molar refractivity (Wildman–Crippen MR) is 59.7 cm³/mol. The molecule has 0 aliphatic rings. The van der Waals surface area contributed by atoms with Crippen LogP contribution < -0.4 is 5.73 Å². The highest BCUT2D eigenvalue weighted by atomic mass is 32.1. The molecular formula is C10H13N3OS. The summed E-state index contributed by atoms with van der Waals surface area (Å²) in [5.41, 5.74) is 8.22. The van der Waals surface area contributed by atoms with Gasteiger partial charge in [-0.05, 0) is 19.9 Å². The molecule has 2 rings (SSSR count). The molecule has 0 aliphatic carbocycles. The van der Waals surface area contributed by atoms with E-state index in [4.69, 9.17) is 10.2 Å². The Morgan fingerprint density at radius 1 is 1.47 bits per heavy atom. The van der Waals surface area contributed by atoms with Crippen molar-refractivity contribution in [2.24, 2.45) is 5.73 Å². The van der Waals surface area contributed by atoms with Crippen LogP contribution in [0, 0.1) is 6.92 Å². The first-order valence-corrected chi connectivity index (χ1v) is 5.74. The third kappa shape index (κ3) is 2.24. The molecule has 2 N–H and O–H groups in total. The quantitative estimate of drug-likeness (QED) is 0.861. The number of rotatable bonds is 4. The Balaban J connectivity index is 2.17. The molecule has 0 aliphatic heterocycles. The molecule has 5 heteroatoms. The molecule has 0 radical (unpaired) electrons. The maximum Gasteiger partial charge on any atom is 0.194 e. The molecule has 2 heterocycles. The minimum Gasteiger partial charge on any atom is -0.440 e. The van der Waals surface area contributed by atoms with E-state index in [1.54, 1.807) is 17.5 Å². The van der Waals surface area contributed by atoms with Crippen molar-refractivity contribution in [2.45, 2.75) is 19.8 Å². The lowest BCUT2D eigenvalue weighted by Gasteiger charge is -1.93. The van der Waals surface area contributed by atoms with Gasteiger partial charge in [0.25, 0.3) is 0 Å². The molecule has 80 valence electrons. The standard InChI is InChI=1S/C10H13N3OS/c1-7-10(15-6-13-7)8-5-12-9(14-8)3-2-4-11/h5-6H,2-4,11H2,1H3. The number of thiazole rings is 1. The van der Waals surface area contributed by atoms with Gasteiger partial charge in [-0.15, -0.1) is 11.3 Å². The van der Waals surface area contributed by atoms with Gasteiger partial charge in [-0.3, -0.25) is 0 Å². The first-order chi connectivity index (χ1) is 7.31. The molecule has 0 saturated heterocycles. The Morgan fingerprint density at radius 3 is 3.00 bits per heavy atom. The van der Waals surface area contributed by atoms with Gasteiger partial charge >= 0.3 is 0 Å². The number of nitrogens with two attached hydrogens (primary N) is 1. The van der Waals surface area contributed by atoms with Crippen LogP contribution in [0.1, 0.15) is 18.0 Å². The summed E-state index contributed by atoms with van der Waals surface area (Å²) in [7, 11) is 0. The van der Waals surface area contributed by atoms with Gasteiger partial charge in [0.2, 0.25) is 0 Å². The van der Waals surface area contributed by atoms with Crippen LogP contribution in [-0.4, -0.2) is 16.5 Å². The average Bonchev–Trinajstić information content (AvgIpc) is 2.83. The van der Waals surface area contributed by atoms with Crippen molar-refractivity contribution >= 4 is 11.3 Å². The van der Waals surface area contributed by atoms with Crippen LogP contribution in [0.4, 0.5) is 0 Å². The van der Waals surface area contributed by atoms with E-state index in [9.17, 15) is 0 Å². The van der Waals surface area contributed by atoms with Crippen LogP contribution in [0.25, 0.3) is 10.6 Å². The highest BCUT2D eigenvalue weighted by Gasteiger charge is 2.10. The lowest BCUT2D eigenvalue weighted by atomic mass is 10.3. The Bertz CT molecular complexity index is 435. The number of hydrogen-bond donors (Lipinski definition) is 1. The minimum absolute atomic E-state index is 0.664. The van der Waals surface area contributed by atoms with Gasteiger partial charge in [0.05, 0.1) is 22.3 Å². The van der Waals surface area contributed by atoms with Gasteiger partial charge in [-0.1, -0.05) is 0 Å². The second-order valence-corrected chi connectivity index (χ2v) is 4.13. The van der Waals surface area contributed by atoms with Gasteiger partial charge in [0.1, 0.15) is 0 Å². The van der Waals surface area contributed by atoms with Crippen molar-refractivity contribution in [1.29, 1.82) is 0 Å². The zero-order valence-corrected chi connectivity index (χ0v) is 9.38. The number of nitrogens with zero attached hydrogens (tertiary/aromatic N) is 2. The third-order valence-electron chi connectivity index (χ3n) is 2.12. The van der Waals surface area contributed by atoms with Crippen molar-refractivity contribution in [3.8, 4) is 10.6 Å². The second-order valence-electron chi connectivity index (χ2n) is 3.28. The minimum atomic E-state index is 0.664. The Kier molecular flexibility index (Phi) is 3.13. The predicted octanol–water partition coefficient (Wildman–Crippen LogP) is 2.00. The maximum atomic E-state index is 5.61. The molecule has 4 nitrogen and oxygen atoms in total. The molecule has 0 bridgehead atoms. The molecule has 0 amide bonds. The third-order valence-corrected chi connectivity index (χ3v) is 3.06. The number of hydrogen-bond acceptors (Lipinski definition) is 5. The van der Waals surface area contributed by atoms with Gasteiger partial charge in [-0.2, -0.15) is 0 Å². The lowest BCUT2D eigenvalue weighted by Crippen LogP contribution is -2.00. The first kappa shape index (κ1) is 10.3. The van der Waals surface area contributed by atoms with E-state index in [2.05, 4.69) is 9.97 Å². The monoisotopic (exact) mass is 223 g/mol. The fraction of sp³-hybridized carbons (Fsp3) is 0.400. The highest BCUT2D eigenvalue weighted by molar-refractivity contribution is 7.13. The molecule has 0 unspecified atom stereocenters. The van der Waals surface area contributed by atoms with Crippen LogP contribution in [-0.2, 0) is 6.42 Å².